The molecule has 0 aromatic heterocycles. The number of hydroxylamine groups is 1. The zero-order valence-corrected chi connectivity index (χ0v) is 9.62. The number of para-hydroxylation sites is 1. The molecule has 0 radical (unpaired) electrons. The molecule has 1 amide bonds. The van der Waals surface area contributed by atoms with Gasteiger partial charge in [0.15, 0.2) is 0 Å². The number of halogens is 1. The van der Waals surface area contributed by atoms with Crippen LogP contribution in [0.5, 0.6) is 0 Å². The van der Waals surface area contributed by atoms with Crippen LogP contribution < -0.4 is 5.06 Å². The van der Waals surface area contributed by atoms with Gasteiger partial charge in [-0.25, -0.2) is 0 Å². The average molecular weight is 228 g/mol. The maximum atomic E-state index is 11.6. The van der Waals surface area contributed by atoms with Crippen molar-refractivity contribution in [3.05, 3.63) is 29.3 Å². The van der Waals surface area contributed by atoms with Gasteiger partial charge in [-0.05, 0) is 19.1 Å². The maximum absolute atomic E-state index is 11.6. The first-order valence-electron chi connectivity index (χ1n) is 4.91. The summed E-state index contributed by atoms with van der Waals surface area (Å²) in [6.07, 6.45) is 0.380. The smallest absolute Gasteiger partial charge is 0.250 e. The molecule has 0 N–H and O–H groups in total. The molecule has 0 spiro atoms. The number of rotatable bonds is 4. The quantitative estimate of drug-likeness (QED) is 0.740. The normalized spacial score (nSPS) is 10.1. The lowest BCUT2D eigenvalue weighted by Crippen LogP contribution is -2.30. The molecule has 1 aromatic rings. The van der Waals surface area contributed by atoms with Crippen LogP contribution in [0.25, 0.3) is 0 Å². The molecule has 0 unspecified atom stereocenters. The Morgan fingerprint density at radius 3 is 2.60 bits per heavy atom. The Hall–Kier alpha value is -1.06. The third-order valence-electron chi connectivity index (χ3n) is 1.86. The van der Waals surface area contributed by atoms with Crippen molar-refractivity contribution in [1.82, 2.24) is 0 Å². The van der Waals surface area contributed by atoms with Crippen LogP contribution >= 0.6 is 11.6 Å². The molecule has 0 heterocycles. The largest absolute Gasteiger partial charge is 0.272 e. The van der Waals surface area contributed by atoms with Crippen molar-refractivity contribution in [2.45, 2.75) is 20.3 Å². The molecule has 15 heavy (non-hydrogen) atoms. The first kappa shape index (κ1) is 12.0. The van der Waals surface area contributed by atoms with Crippen LogP contribution in [-0.4, -0.2) is 12.5 Å². The number of benzene rings is 1. The summed E-state index contributed by atoms with van der Waals surface area (Å²) < 4.78 is 0. The van der Waals surface area contributed by atoms with Crippen molar-refractivity contribution in [1.29, 1.82) is 0 Å². The third-order valence-corrected chi connectivity index (χ3v) is 2.18. The van der Waals surface area contributed by atoms with Crippen molar-refractivity contribution in [2.75, 3.05) is 11.7 Å². The predicted molar refractivity (Wildman–Crippen MR) is 60.9 cm³/mol. The molecule has 0 saturated heterocycles. The van der Waals surface area contributed by atoms with E-state index in [1.54, 1.807) is 19.1 Å². The van der Waals surface area contributed by atoms with Crippen LogP contribution in [0.4, 0.5) is 5.69 Å². The molecule has 0 aliphatic heterocycles. The number of nitrogens with zero attached hydrogens (tertiary/aromatic N) is 1. The van der Waals surface area contributed by atoms with Gasteiger partial charge in [-0.15, -0.1) is 0 Å². The van der Waals surface area contributed by atoms with E-state index in [2.05, 4.69) is 0 Å². The summed E-state index contributed by atoms with van der Waals surface area (Å²) in [6.45, 7) is 4.04. The monoisotopic (exact) mass is 227 g/mol. The van der Waals surface area contributed by atoms with Crippen molar-refractivity contribution in [2.24, 2.45) is 0 Å². The SMILES string of the molecule is CCON(C(=O)CC)c1ccccc1Cl. The van der Waals surface area contributed by atoms with Gasteiger partial charge in [0.25, 0.3) is 5.91 Å². The van der Waals surface area contributed by atoms with Gasteiger partial charge >= 0.3 is 0 Å². The van der Waals surface area contributed by atoms with Gasteiger partial charge in [-0.1, -0.05) is 30.7 Å². The Morgan fingerprint density at radius 2 is 2.07 bits per heavy atom. The van der Waals surface area contributed by atoms with E-state index in [0.29, 0.717) is 23.7 Å². The molecular weight excluding hydrogens is 214 g/mol. The average Bonchev–Trinajstić information content (AvgIpc) is 2.26. The highest BCUT2D eigenvalue weighted by Crippen LogP contribution is 2.25. The number of carbonyl (C=O) groups is 1. The molecule has 0 aliphatic rings. The summed E-state index contributed by atoms with van der Waals surface area (Å²) in [5.74, 6) is -0.107. The lowest BCUT2D eigenvalue weighted by atomic mass is 10.3. The minimum Gasteiger partial charge on any atom is -0.272 e. The molecule has 0 fully saturated rings. The highest BCUT2D eigenvalue weighted by atomic mass is 35.5. The third kappa shape index (κ3) is 2.94. The van der Waals surface area contributed by atoms with Crippen LogP contribution in [-0.2, 0) is 9.63 Å². The minimum atomic E-state index is -0.107. The predicted octanol–water partition coefficient (Wildman–Crippen LogP) is 3.03. The second kappa shape index (κ2) is 5.73. The number of hydrogen-bond acceptors (Lipinski definition) is 2. The number of anilines is 1. The van der Waals surface area contributed by atoms with Crippen molar-refractivity contribution < 1.29 is 9.63 Å². The Kier molecular flexibility index (Phi) is 4.59. The Bertz CT molecular complexity index is 341. The summed E-state index contributed by atoms with van der Waals surface area (Å²) in [7, 11) is 0. The lowest BCUT2D eigenvalue weighted by Gasteiger charge is -2.21. The lowest BCUT2D eigenvalue weighted by molar-refractivity contribution is -0.125. The first-order chi connectivity index (χ1) is 7.20. The van der Waals surface area contributed by atoms with Crippen molar-refractivity contribution >= 4 is 23.2 Å². The summed E-state index contributed by atoms with van der Waals surface area (Å²) in [4.78, 5) is 16.9. The minimum absolute atomic E-state index is 0.107. The van der Waals surface area contributed by atoms with E-state index >= 15 is 0 Å². The van der Waals surface area contributed by atoms with Crippen LogP contribution in [0.15, 0.2) is 24.3 Å². The van der Waals surface area contributed by atoms with Gasteiger partial charge in [0.2, 0.25) is 0 Å². The zero-order chi connectivity index (χ0) is 11.3. The molecule has 1 aromatic carbocycles. The molecule has 0 atom stereocenters. The van der Waals surface area contributed by atoms with Crippen molar-refractivity contribution in [3.8, 4) is 0 Å². The summed E-state index contributed by atoms with van der Waals surface area (Å²) in [6, 6.07) is 7.11. The van der Waals surface area contributed by atoms with Gasteiger partial charge < -0.3 is 0 Å². The summed E-state index contributed by atoms with van der Waals surface area (Å²) in [5, 5.41) is 1.76. The van der Waals surface area contributed by atoms with Crippen LogP contribution in [0.2, 0.25) is 5.02 Å². The van der Waals surface area contributed by atoms with E-state index in [4.69, 9.17) is 16.4 Å². The van der Waals surface area contributed by atoms with Gasteiger partial charge in [0.1, 0.15) is 0 Å². The van der Waals surface area contributed by atoms with E-state index in [-0.39, 0.29) is 5.91 Å². The van der Waals surface area contributed by atoms with Gasteiger partial charge in [-0.3, -0.25) is 9.63 Å². The van der Waals surface area contributed by atoms with E-state index in [0.717, 1.165) is 0 Å². The Labute approximate surface area is 94.5 Å². The van der Waals surface area contributed by atoms with Gasteiger partial charge in [-0.2, -0.15) is 5.06 Å². The second-order valence-corrected chi connectivity index (χ2v) is 3.32. The van der Waals surface area contributed by atoms with E-state index in [1.807, 2.05) is 19.1 Å². The summed E-state index contributed by atoms with van der Waals surface area (Å²) >= 11 is 5.98. The molecular formula is C11H14ClNO2. The fourth-order valence-electron chi connectivity index (χ4n) is 1.17. The summed E-state index contributed by atoms with van der Waals surface area (Å²) in [5.41, 5.74) is 0.591. The Morgan fingerprint density at radius 1 is 1.40 bits per heavy atom. The van der Waals surface area contributed by atoms with E-state index in [9.17, 15) is 4.79 Å². The highest BCUT2D eigenvalue weighted by Gasteiger charge is 2.16. The molecule has 3 nitrogen and oxygen atoms in total. The van der Waals surface area contributed by atoms with Crippen molar-refractivity contribution in [3.63, 3.8) is 0 Å². The molecule has 0 aliphatic carbocycles. The van der Waals surface area contributed by atoms with Gasteiger partial charge in [0, 0.05) is 6.42 Å². The molecule has 82 valence electrons. The fraction of sp³-hybridized carbons (Fsp3) is 0.364. The molecule has 0 saturated carbocycles. The molecule has 4 heteroatoms. The van der Waals surface area contributed by atoms with Crippen LogP contribution in [0.3, 0.4) is 0 Å². The maximum Gasteiger partial charge on any atom is 0.250 e. The fourth-order valence-corrected chi connectivity index (χ4v) is 1.38. The van der Waals surface area contributed by atoms with Gasteiger partial charge in [0.05, 0.1) is 17.3 Å². The first-order valence-corrected chi connectivity index (χ1v) is 5.28. The van der Waals surface area contributed by atoms with E-state index in [1.165, 1.54) is 5.06 Å². The molecule has 1 rings (SSSR count). The second-order valence-electron chi connectivity index (χ2n) is 2.91. The standard InChI is InChI=1S/C11H14ClNO2/c1-3-11(14)13(15-4-2)10-8-6-5-7-9(10)12/h5-8H,3-4H2,1-2H3. The Balaban J connectivity index is 2.98. The van der Waals surface area contributed by atoms with Crippen LogP contribution in [0, 0.1) is 0 Å². The molecule has 0 bridgehead atoms. The zero-order valence-electron chi connectivity index (χ0n) is 8.87. The van der Waals surface area contributed by atoms with Crippen LogP contribution in [0.1, 0.15) is 20.3 Å². The van der Waals surface area contributed by atoms with E-state index < -0.39 is 0 Å². The number of carbonyl (C=O) groups excluding carboxylic acids is 1. The number of hydrogen-bond donors (Lipinski definition) is 0. The topological polar surface area (TPSA) is 29.5 Å². The highest BCUT2D eigenvalue weighted by molar-refractivity contribution is 6.33. The number of amides is 1.